The van der Waals surface area contributed by atoms with Crippen molar-refractivity contribution in [3.05, 3.63) is 29.6 Å². The molecule has 4 bridgehead atoms. The first kappa shape index (κ1) is 15.9. The molecule has 130 valence electrons. The molecule has 5 heteroatoms. The minimum absolute atomic E-state index is 0.0202. The summed E-state index contributed by atoms with van der Waals surface area (Å²) in [5.41, 5.74) is -0.0402. The van der Waals surface area contributed by atoms with Crippen LogP contribution in [0.3, 0.4) is 0 Å². The summed E-state index contributed by atoms with van der Waals surface area (Å²) in [6.07, 6.45) is 6.59. The third-order valence-electron chi connectivity index (χ3n) is 6.21. The lowest BCUT2D eigenvalue weighted by molar-refractivity contribution is -0.204. The zero-order valence-corrected chi connectivity index (χ0v) is 13.8. The van der Waals surface area contributed by atoms with Crippen molar-refractivity contribution >= 4 is 5.97 Å². The van der Waals surface area contributed by atoms with Crippen molar-refractivity contribution in [3.8, 4) is 5.75 Å². The summed E-state index contributed by atoms with van der Waals surface area (Å²) in [7, 11) is 1.60. The number of carbonyl (C=O) groups is 1. The molecule has 4 nitrogen and oxygen atoms in total. The maximum absolute atomic E-state index is 14.1. The molecule has 1 aromatic rings. The van der Waals surface area contributed by atoms with Gasteiger partial charge in [0.05, 0.1) is 5.56 Å². The number of ether oxygens (including phenoxy) is 2. The minimum Gasteiger partial charge on any atom is -0.478 e. The van der Waals surface area contributed by atoms with Crippen LogP contribution in [0.15, 0.2) is 18.2 Å². The van der Waals surface area contributed by atoms with E-state index in [1.165, 1.54) is 31.4 Å². The summed E-state index contributed by atoms with van der Waals surface area (Å²) in [4.78, 5) is 11.1. The standard InChI is InChI=1S/C19H23FO4/c1-23-18(24-16-7-14(17(21)22)2-3-15(16)20)19-8-11-4-12(9-19)6-13(5-11)10-19/h2-3,7,11-13,18H,4-6,8-10H2,1H3,(H,21,22). The van der Waals surface area contributed by atoms with E-state index in [-0.39, 0.29) is 16.7 Å². The van der Waals surface area contributed by atoms with Gasteiger partial charge in [0.15, 0.2) is 11.6 Å². The molecule has 4 fully saturated rings. The van der Waals surface area contributed by atoms with Crippen LogP contribution in [-0.2, 0) is 4.74 Å². The number of methoxy groups -OCH3 is 1. The van der Waals surface area contributed by atoms with Crippen LogP contribution in [-0.4, -0.2) is 24.5 Å². The van der Waals surface area contributed by atoms with Crippen LogP contribution in [0.5, 0.6) is 5.75 Å². The van der Waals surface area contributed by atoms with Gasteiger partial charge >= 0.3 is 5.97 Å². The average Bonchev–Trinajstić information content (AvgIpc) is 2.52. The fraction of sp³-hybridized carbons (Fsp3) is 0.632. The molecule has 1 N–H and O–H groups in total. The van der Waals surface area contributed by atoms with Crippen LogP contribution in [0, 0.1) is 29.0 Å². The van der Waals surface area contributed by atoms with Crippen molar-refractivity contribution < 1.29 is 23.8 Å². The quantitative estimate of drug-likeness (QED) is 0.824. The lowest BCUT2D eigenvalue weighted by Gasteiger charge is -2.58. The molecule has 0 spiro atoms. The molecule has 0 aromatic heterocycles. The number of hydrogen-bond donors (Lipinski definition) is 1. The Morgan fingerprint density at radius 3 is 2.29 bits per heavy atom. The molecular formula is C19H23FO4. The van der Waals surface area contributed by atoms with E-state index in [4.69, 9.17) is 14.6 Å². The molecule has 0 amide bonds. The van der Waals surface area contributed by atoms with E-state index in [2.05, 4.69) is 0 Å². The van der Waals surface area contributed by atoms with Gasteiger partial charge in [0, 0.05) is 12.5 Å². The Hall–Kier alpha value is -1.62. The van der Waals surface area contributed by atoms with Gasteiger partial charge in [0.2, 0.25) is 6.29 Å². The second kappa shape index (κ2) is 5.73. The number of hydrogen-bond acceptors (Lipinski definition) is 3. The molecule has 1 atom stereocenters. The summed E-state index contributed by atoms with van der Waals surface area (Å²) < 4.78 is 25.7. The molecule has 5 rings (SSSR count). The highest BCUT2D eigenvalue weighted by Crippen LogP contribution is 2.61. The molecule has 0 saturated heterocycles. The third-order valence-corrected chi connectivity index (χ3v) is 6.21. The van der Waals surface area contributed by atoms with Crippen molar-refractivity contribution in [2.24, 2.45) is 23.2 Å². The molecule has 4 aliphatic rings. The Morgan fingerprint density at radius 1 is 1.21 bits per heavy atom. The van der Waals surface area contributed by atoms with Crippen LogP contribution in [0.25, 0.3) is 0 Å². The van der Waals surface area contributed by atoms with Gasteiger partial charge in [-0.3, -0.25) is 0 Å². The van der Waals surface area contributed by atoms with Crippen LogP contribution in [0.4, 0.5) is 4.39 Å². The SMILES string of the molecule is COC(Oc1cc(C(=O)O)ccc1F)C12CC3CC(CC(C3)C1)C2. The number of carboxylic acids is 1. The Bertz CT molecular complexity index is 621. The van der Waals surface area contributed by atoms with Crippen molar-refractivity contribution in [1.82, 2.24) is 0 Å². The van der Waals surface area contributed by atoms with Gasteiger partial charge in [-0.15, -0.1) is 0 Å². The number of halogens is 1. The highest BCUT2D eigenvalue weighted by atomic mass is 19.1. The summed E-state index contributed by atoms with van der Waals surface area (Å²) in [6, 6.07) is 3.65. The smallest absolute Gasteiger partial charge is 0.335 e. The van der Waals surface area contributed by atoms with E-state index in [0.717, 1.165) is 43.1 Å². The van der Waals surface area contributed by atoms with E-state index in [1.807, 2.05) is 0 Å². The third kappa shape index (κ3) is 2.59. The van der Waals surface area contributed by atoms with Gasteiger partial charge in [-0.2, -0.15) is 0 Å². The van der Waals surface area contributed by atoms with Crippen LogP contribution < -0.4 is 4.74 Å². The number of rotatable bonds is 5. The predicted octanol–water partition coefficient (Wildman–Crippen LogP) is 4.09. The van der Waals surface area contributed by atoms with Gasteiger partial charge < -0.3 is 14.6 Å². The van der Waals surface area contributed by atoms with Crippen LogP contribution >= 0.6 is 0 Å². The second-order valence-corrected chi connectivity index (χ2v) is 7.92. The molecule has 4 saturated carbocycles. The summed E-state index contributed by atoms with van der Waals surface area (Å²) in [5.74, 6) is 0.515. The molecule has 0 heterocycles. The van der Waals surface area contributed by atoms with E-state index >= 15 is 0 Å². The topological polar surface area (TPSA) is 55.8 Å². The normalized spacial score (nSPS) is 35.0. The molecule has 0 radical (unpaired) electrons. The van der Waals surface area contributed by atoms with Gasteiger partial charge in [0.25, 0.3) is 0 Å². The first-order chi connectivity index (χ1) is 11.5. The first-order valence-corrected chi connectivity index (χ1v) is 8.71. The van der Waals surface area contributed by atoms with Crippen molar-refractivity contribution in [2.75, 3.05) is 7.11 Å². The van der Waals surface area contributed by atoms with Crippen molar-refractivity contribution in [1.29, 1.82) is 0 Å². The zero-order valence-electron chi connectivity index (χ0n) is 13.8. The Kier molecular flexibility index (Phi) is 3.79. The van der Waals surface area contributed by atoms with E-state index in [1.54, 1.807) is 7.11 Å². The largest absolute Gasteiger partial charge is 0.478 e. The molecule has 1 aromatic carbocycles. The van der Waals surface area contributed by atoms with Crippen molar-refractivity contribution in [2.45, 2.75) is 44.8 Å². The lowest BCUT2D eigenvalue weighted by Crippen LogP contribution is -2.54. The monoisotopic (exact) mass is 334 g/mol. The minimum atomic E-state index is -1.09. The fourth-order valence-corrected chi connectivity index (χ4v) is 5.73. The van der Waals surface area contributed by atoms with Gasteiger partial charge in [-0.05, 0) is 74.5 Å². The Labute approximate surface area is 141 Å². The molecule has 1 unspecified atom stereocenters. The highest BCUT2D eigenvalue weighted by Gasteiger charge is 2.55. The first-order valence-electron chi connectivity index (χ1n) is 8.71. The summed E-state index contributed by atoms with van der Waals surface area (Å²) >= 11 is 0. The number of carboxylic acid groups (broad SMARTS) is 1. The van der Waals surface area contributed by atoms with Crippen LogP contribution in [0.2, 0.25) is 0 Å². The molecular weight excluding hydrogens is 311 g/mol. The molecule has 0 aliphatic heterocycles. The van der Waals surface area contributed by atoms with Gasteiger partial charge in [-0.1, -0.05) is 0 Å². The molecule has 4 aliphatic carbocycles. The number of aromatic carboxylic acids is 1. The van der Waals surface area contributed by atoms with Crippen molar-refractivity contribution in [3.63, 3.8) is 0 Å². The van der Waals surface area contributed by atoms with E-state index < -0.39 is 18.1 Å². The van der Waals surface area contributed by atoms with Gasteiger partial charge in [0.1, 0.15) is 0 Å². The predicted molar refractivity (Wildman–Crippen MR) is 85.4 cm³/mol. The fourth-order valence-electron chi connectivity index (χ4n) is 5.73. The average molecular weight is 334 g/mol. The maximum Gasteiger partial charge on any atom is 0.335 e. The Balaban J connectivity index is 1.61. The zero-order chi connectivity index (χ0) is 16.9. The summed E-state index contributed by atoms with van der Waals surface area (Å²) in [5, 5.41) is 9.11. The van der Waals surface area contributed by atoms with E-state index in [9.17, 15) is 9.18 Å². The van der Waals surface area contributed by atoms with Gasteiger partial charge in [-0.25, -0.2) is 9.18 Å². The maximum atomic E-state index is 14.1. The van der Waals surface area contributed by atoms with Crippen LogP contribution in [0.1, 0.15) is 48.9 Å². The Morgan fingerprint density at radius 2 is 1.79 bits per heavy atom. The summed E-state index contributed by atoms with van der Waals surface area (Å²) in [6.45, 7) is 0. The lowest BCUT2D eigenvalue weighted by atomic mass is 9.49. The molecule has 24 heavy (non-hydrogen) atoms. The van der Waals surface area contributed by atoms with E-state index in [0.29, 0.717) is 0 Å². The number of benzene rings is 1. The second-order valence-electron chi connectivity index (χ2n) is 7.92. The highest BCUT2D eigenvalue weighted by molar-refractivity contribution is 5.88.